The topological polar surface area (TPSA) is 89.3 Å². The Bertz CT molecular complexity index is 1050. The smallest absolute Gasteiger partial charge is 0.344 e. The van der Waals surface area contributed by atoms with Crippen LogP contribution in [0.3, 0.4) is 0 Å². The SMILES string of the molecule is COc1ccc(N2CCN(C(=O)COC(=O)c3c(C)nn4cccnc34)CC2)cc1. The molecule has 9 heteroatoms. The maximum Gasteiger partial charge on any atom is 0.344 e. The summed E-state index contributed by atoms with van der Waals surface area (Å²) in [5.41, 5.74) is 2.30. The van der Waals surface area contributed by atoms with Gasteiger partial charge in [-0.1, -0.05) is 0 Å². The monoisotopic (exact) mass is 409 g/mol. The van der Waals surface area contributed by atoms with Crippen molar-refractivity contribution in [2.75, 3.05) is 44.8 Å². The van der Waals surface area contributed by atoms with Crippen LogP contribution in [-0.2, 0) is 9.53 Å². The molecule has 0 bridgehead atoms. The maximum absolute atomic E-state index is 12.5. The predicted octanol–water partition coefficient (Wildman–Crippen LogP) is 1.55. The number of rotatable bonds is 5. The van der Waals surface area contributed by atoms with Gasteiger partial charge in [0, 0.05) is 44.3 Å². The van der Waals surface area contributed by atoms with Crippen LogP contribution < -0.4 is 9.64 Å². The Balaban J connectivity index is 1.31. The number of hydrogen-bond donors (Lipinski definition) is 0. The lowest BCUT2D eigenvalue weighted by Crippen LogP contribution is -2.49. The number of hydrogen-bond acceptors (Lipinski definition) is 7. The number of carbonyl (C=O) groups is 2. The van der Waals surface area contributed by atoms with Gasteiger partial charge in [0.15, 0.2) is 12.3 Å². The van der Waals surface area contributed by atoms with Crippen molar-refractivity contribution < 1.29 is 19.1 Å². The lowest BCUT2D eigenvalue weighted by atomic mass is 10.2. The number of aryl methyl sites for hydroxylation is 1. The molecule has 1 amide bonds. The van der Waals surface area contributed by atoms with Crippen LogP contribution in [0.1, 0.15) is 16.1 Å². The van der Waals surface area contributed by atoms with E-state index in [-0.39, 0.29) is 18.1 Å². The van der Waals surface area contributed by atoms with E-state index in [0.717, 1.165) is 11.4 Å². The quantitative estimate of drug-likeness (QED) is 0.591. The molecule has 0 unspecified atom stereocenters. The maximum atomic E-state index is 12.5. The van der Waals surface area contributed by atoms with Crippen molar-refractivity contribution in [3.63, 3.8) is 0 Å². The van der Waals surface area contributed by atoms with E-state index in [1.54, 1.807) is 37.4 Å². The van der Waals surface area contributed by atoms with Crippen LogP contribution in [-0.4, -0.2) is 71.3 Å². The van der Waals surface area contributed by atoms with Crippen LogP contribution in [0.5, 0.6) is 5.75 Å². The molecule has 4 rings (SSSR count). The second kappa shape index (κ2) is 8.40. The Labute approximate surface area is 173 Å². The number of aromatic nitrogens is 3. The zero-order valence-electron chi connectivity index (χ0n) is 16.9. The van der Waals surface area contributed by atoms with Crippen molar-refractivity contribution in [3.8, 4) is 5.75 Å². The van der Waals surface area contributed by atoms with Gasteiger partial charge >= 0.3 is 5.97 Å². The van der Waals surface area contributed by atoms with Crippen molar-refractivity contribution in [1.29, 1.82) is 0 Å². The minimum absolute atomic E-state index is 0.209. The third-order valence-electron chi connectivity index (χ3n) is 5.17. The van der Waals surface area contributed by atoms with Gasteiger partial charge in [-0.3, -0.25) is 4.79 Å². The second-order valence-electron chi connectivity index (χ2n) is 6.99. The fourth-order valence-corrected chi connectivity index (χ4v) is 3.53. The fourth-order valence-electron chi connectivity index (χ4n) is 3.53. The number of methoxy groups -OCH3 is 1. The molecule has 1 saturated heterocycles. The summed E-state index contributed by atoms with van der Waals surface area (Å²) in [7, 11) is 1.64. The van der Waals surface area contributed by atoms with Gasteiger partial charge in [-0.05, 0) is 37.3 Å². The number of nitrogens with zero attached hydrogens (tertiary/aromatic N) is 5. The Kier molecular flexibility index (Phi) is 5.51. The Morgan fingerprint density at radius 3 is 2.53 bits per heavy atom. The lowest BCUT2D eigenvalue weighted by Gasteiger charge is -2.36. The first kappa shape index (κ1) is 19.7. The minimum atomic E-state index is -0.591. The minimum Gasteiger partial charge on any atom is -0.497 e. The Morgan fingerprint density at radius 1 is 1.10 bits per heavy atom. The van der Waals surface area contributed by atoms with Crippen LogP contribution in [0.25, 0.3) is 5.65 Å². The van der Waals surface area contributed by atoms with E-state index in [1.807, 2.05) is 24.3 Å². The number of benzene rings is 1. The number of piperazine rings is 1. The lowest BCUT2D eigenvalue weighted by molar-refractivity contribution is -0.134. The molecular weight excluding hydrogens is 386 g/mol. The largest absolute Gasteiger partial charge is 0.497 e. The van der Waals surface area contributed by atoms with Crippen molar-refractivity contribution in [3.05, 3.63) is 54.0 Å². The van der Waals surface area contributed by atoms with E-state index in [4.69, 9.17) is 9.47 Å². The highest BCUT2D eigenvalue weighted by atomic mass is 16.5. The average Bonchev–Trinajstić information content (AvgIpc) is 3.13. The first-order valence-electron chi connectivity index (χ1n) is 9.70. The van der Waals surface area contributed by atoms with Crippen molar-refractivity contribution in [2.24, 2.45) is 0 Å². The molecule has 0 spiro atoms. The number of amides is 1. The van der Waals surface area contributed by atoms with Gasteiger partial charge in [0.2, 0.25) is 0 Å². The van der Waals surface area contributed by atoms with Gasteiger partial charge < -0.3 is 19.3 Å². The van der Waals surface area contributed by atoms with E-state index in [2.05, 4.69) is 15.0 Å². The summed E-state index contributed by atoms with van der Waals surface area (Å²) in [5.74, 6) is 0.0113. The van der Waals surface area contributed by atoms with Gasteiger partial charge in [0.25, 0.3) is 5.91 Å². The standard InChI is InChI=1S/C21H23N5O4/c1-15-19(20-22-8-3-9-26(20)23-15)21(28)30-14-18(27)25-12-10-24(11-13-25)16-4-6-17(29-2)7-5-16/h3-9H,10-14H2,1-2H3. The van der Waals surface area contributed by atoms with E-state index in [9.17, 15) is 9.59 Å². The first-order valence-corrected chi connectivity index (χ1v) is 9.70. The van der Waals surface area contributed by atoms with E-state index < -0.39 is 5.97 Å². The van der Waals surface area contributed by atoms with Crippen LogP contribution >= 0.6 is 0 Å². The summed E-state index contributed by atoms with van der Waals surface area (Å²) in [6.45, 7) is 3.97. The van der Waals surface area contributed by atoms with E-state index >= 15 is 0 Å². The summed E-state index contributed by atoms with van der Waals surface area (Å²) in [4.78, 5) is 33.1. The summed E-state index contributed by atoms with van der Waals surface area (Å²) in [5, 5.41) is 4.24. The van der Waals surface area contributed by atoms with Gasteiger partial charge in [0.05, 0.1) is 12.8 Å². The zero-order valence-corrected chi connectivity index (χ0v) is 16.9. The molecule has 3 aromatic rings. The molecule has 1 aromatic carbocycles. The molecule has 2 aromatic heterocycles. The first-order chi connectivity index (χ1) is 14.6. The average molecular weight is 409 g/mol. The molecule has 0 aliphatic carbocycles. The fraction of sp³-hybridized carbons (Fsp3) is 0.333. The molecule has 0 radical (unpaired) electrons. The van der Waals surface area contributed by atoms with Gasteiger partial charge in [-0.25, -0.2) is 14.3 Å². The molecule has 1 fully saturated rings. The number of fused-ring (bicyclic) bond motifs is 1. The molecule has 0 N–H and O–H groups in total. The number of anilines is 1. The predicted molar refractivity (Wildman–Crippen MR) is 110 cm³/mol. The van der Waals surface area contributed by atoms with E-state index in [1.165, 1.54) is 4.52 Å². The molecule has 0 atom stereocenters. The number of ether oxygens (including phenoxy) is 2. The third kappa shape index (κ3) is 3.91. The molecule has 1 aliphatic heterocycles. The van der Waals surface area contributed by atoms with Crippen molar-refractivity contribution in [2.45, 2.75) is 6.92 Å². The van der Waals surface area contributed by atoms with Crippen LogP contribution in [0.2, 0.25) is 0 Å². The summed E-state index contributed by atoms with van der Waals surface area (Å²) < 4.78 is 12.0. The summed E-state index contributed by atoms with van der Waals surface area (Å²) in [6, 6.07) is 9.58. The molecule has 30 heavy (non-hydrogen) atoms. The Morgan fingerprint density at radius 2 is 1.83 bits per heavy atom. The van der Waals surface area contributed by atoms with Crippen molar-refractivity contribution in [1.82, 2.24) is 19.5 Å². The normalized spacial score (nSPS) is 14.1. The second-order valence-corrected chi connectivity index (χ2v) is 6.99. The highest BCUT2D eigenvalue weighted by Crippen LogP contribution is 2.20. The molecular formula is C21H23N5O4. The molecule has 156 valence electrons. The van der Waals surface area contributed by atoms with Crippen LogP contribution in [0.4, 0.5) is 5.69 Å². The third-order valence-corrected chi connectivity index (χ3v) is 5.17. The zero-order chi connectivity index (χ0) is 21.1. The Hall–Kier alpha value is -3.62. The highest BCUT2D eigenvalue weighted by molar-refractivity contribution is 5.98. The van der Waals surface area contributed by atoms with Gasteiger partial charge in [0.1, 0.15) is 11.3 Å². The molecule has 9 nitrogen and oxygen atoms in total. The summed E-state index contributed by atoms with van der Waals surface area (Å²) >= 11 is 0. The highest BCUT2D eigenvalue weighted by Gasteiger charge is 2.24. The molecule has 0 saturated carbocycles. The van der Waals surface area contributed by atoms with Crippen LogP contribution in [0.15, 0.2) is 42.7 Å². The summed E-state index contributed by atoms with van der Waals surface area (Å²) in [6.07, 6.45) is 3.29. The van der Waals surface area contributed by atoms with Crippen molar-refractivity contribution >= 4 is 23.2 Å². The number of carbonyl (C=O) groups excluding carboxylic acids is 2. The molecule has 1 aliphatic rings. The van der Waals surface area contributed by atoms with Crippen LogP contribution in [0, 0.1) is 6.92 Å². The number of esters is 1. The van der Waals surface area contributed by atoms with Gasteiger partial charge in [-0.15, -0.1) is 0 Å². The van der Waals surface area contributed by atoms with Gasteiger partial charge in [-0.2, -0.15) is 5.10 Å². The van der Waals surface area contributed by atoms with E-state index in [0.29, 0.717) is 37.5 Å². The molecule has 3 heterocycles.